The first-order valence-corrected chi connectivity index (χ1v) is 11.5. The standard InChI is InChI=1S/C24H20N2O2S2/c1-15-16(2)30-22-21(15)23(27)26(13-19-10-6-12-28-19)24(25-22)29-14-18-9-5-8-17-7-3-4-11-20(17)18/h3-12H,13-14H2,1-2H3. The maximum absolute atomic E-state index is 13.4. The van der Waals surface area contributed by atoms with Gasteiger partial charge in [0.1, 0.15) is 10.6 Å². The molecule has 0 saturated heterocycles. The van der Waals surface area contributed by atoms with E-state index in [1.807, 2.05) is 26.0 Å². The van der Waals surface area contributed by atoms with Crippen molar-refractivity contribution in [2.24, 2.45) is 0 Å². The van der Waals surface area contributed by atoms with Gasteiger partial charge in [-0.05, 0) is 47.9 Å². The van der Waals surface area contributed by atoms with Gasteiger partial charge in [0.05, 0.1) is 18.2 Å². The molecule has 0 amide bonds. The molecule has 30 heavy (non-hydrogen) atoms. The van der Waals surface area contributed by atoms with E-state index in [0.717, 1.165) is 37.3 Å². The molecule has 3 heterocycles. The quantitative estimate of drug-likeness (QED) is 0.246. The highest BCUT2D eigenvalue weighted by molar-refractivity contribution is 7.98. The molecule has 0 atom stereocenters. The Kier molecular flexibility index (Phi) is 4.97. The van der Waals surface area contributed by atoms with Gasteiger partial charge in [0.15, 0.2) is 5.16 Å². The van der Waals surface area contributed by atoms with E-state index in [2.05, 4.69) is 42.5 Å². The molecule has 5 aromatic rings. The Bertz CT molecular complexity index is 1410. The van der Waals surface area contributed by atoms with E-state index < -0.39 is 0 Å². The van der Waals surface area contributed by atoms with Gasteiger partial charge in [0.2, 0.25) is 0 Å². The molecule has 3 aromatic heterocycles. The first-order chi connectivity index (χ1) is 14.6. The van der Waals surface area contributed by atoms with Crippen LogP contribution in [0.3, 0.4) is 0 Å². The average molecular weight is 433 g/mol. The monoisotopic (exact) mass is 432 g/mol. The number of aryl methyl sites for hydroxylation is 2. The second-order valence-electron chi connectivity index (χ2n) is 7.26. The van der Waals surface area contributed by atoms with Gasteiger partial charge in [-0.15, -0.1) is 11.3 Å². The van der Waals surface area contributed by atoms with Gasteiger partial charge in [0, 0.05) is 10.6 Å². The SMILES string of the molecule is Cc1sc2nc(SCc3cccc4ccccc34)n(Cc3ccco3)c(=O)c2c1C. The van der Waals surface area contributed by atoms with Gasteiger partial charge in [-0.25, -0.2) is 4.98 Å². The predicted octanol–water partition coefficient (Wildman–Crippen LogP) is 6.16. The molecule has 0 radical (unpaired) electrons. The minimum Gasteiger partial charge on any atom is -0.467 e. The Hall–Kier alpha value is -2.83. The number of thioether (sulfide) groups is 1. The largest absolute Gasteiger partial charge is 0.467 e. The Morgan fingerprint density at radius 2 is 1.90 bits per heavy atom. The van der Waals surface area contributed by atoms with E-state index in [1.165, 1.54) is 16.3 Å². The minimum atomic E-state index is -0.00123. The molecular weight excluding hydrogens is 412 g/mol. The highest BCUT2D eigenvalue weighted by Gasteiger charge is 2.18. The van der Waals surface area contributed by atoms with Gasteiger partial charge < -0.3 is 4.42 Å². The van der Waals surface area contributed by atoms with Crippen molar-refractivity contribution in [2.45, 2.75) is 31.3 Å². The molecule has 0 saturated carbocycles. The third-order valence-corrected chi connectivity index (χ3v) is 7.51. The predicted molar refractivity (Wildman–Crippen MR) is 125 cm³/mol. The van der Waals surface area contributed by atoms with Crippen LogP contribution in [0.25, 0.3) is 21.0 Å². The Balaban J connectivity index is 1.59. The average Bonchev–Trinajstić information content (AvgIpc) is 3.37. The number of thiophene rings is 1. The number of rotatable bonds is 5. The molecule has 6 heteroatoms. The van der Waals surface area contributed by atoms with E-state index in [4.69, 9.17) is 9.40 Å². The zero-order valence-electron chi connectivity index (χ0n) is 16.7. The molecule has 0 N–H and O–H groups in total. The topological polar surface area (TPSA) is 48.0 Å². The summed E-state index contributed by atoms with van der Waals surface area (Å²) < 4.78 is 7.27. The molecule has 0 fully saturated rings. The first kappa shape index (κ1) is 19.2. The van der Waals surface area contributed by atoms with Crippen molar-refractivity contribution >= 4 is 44.1 Å². The van der Waals surface area contributed by atoms with Crippen LogP contribution < -0.4 is 5.56 Å². The number of aromatic nitrogens is 2. The summed E-state index contributed by atoms with van der Waals surface area (Å²) in [6.07, 6.45) is 1.63. The molecular formula is C24H20N2O2S2. The molecule has 5 rings (SSSR count). The number of furan rings is 1. The third kappa shape index (κ3) is 3.36. The van der Waals surface area contributed by atoms with Crippen molar-refractivity contribution in [2.75, 3.05) is 0 Å². The maximum Gasteiger partial charge on any atom is 0.263 e. The molecule has 150 valence electrons. The number of hydrogen-bond donors (Lipinski definition) is 0. The zero-order valence-corrected chi connectivity index (χ0v) is 18.3. The summed E-state index contributed by atoms with van der Waals surface area (Å²) in [4.78, 5) is 20.2. The van der Waals surface area contributed by atoms with Gasteiger partial charge in [-0.3, -0.25) is 9.36 Å². The van der Waals surface area contributed by atoms with Crippen molar-refractivity contribution in [3.63, 3.8) is 0 Å². The zero-order chi connectivity index (χ0) is 20.7. The van der Waals surface area contributed by atoms with Gasteiger partial charge >= 0.3 is 0 Å². The van der Waals surface area contributed by atoms with E-state index in [-0.39, 0.29) is 5.56 Å². The summed E-state index contributed by atoms with van der Waals surface area (Å²) in [5.74, 6) is 1.48. The minimum absolute atomic E-state index is 0.00123. The van der Waals surface area contributed by atoms with Crippen molar-refractivity contribution < 1.29 is 4.42 Å². The Morgan fingerprint density at radius 1 is 1.07 bits per heavy atom. The van der Waals surface area contributed by atoms with Crippen molar-refractivity contribution in [1.29, 1.82) is 0 Å². The number of hydrogen-bond acceptors (Lipinski definition) is 5. The van der Waals surface area contributed by atoms with E-state index in [9.17, 15) is 4.79 Å². The molecule has 2 aromatic carbocycles. The fourth-order valence-electron chi connectivity index (χ4n) is 3.68. The summed E-state index contributed by atoms with van der Waals surface area (Å²) in [7, 11) is 0. The van der Waals surface area contributed by atoms with Crippen LogP contribution in [0.1, 0.15) is 21.8 Å². The van der Waals surface area contributed by atoms with E-state index in [0.29, 0.717) is 6.54 Å². The van der Waals surface area contributed by atoms with Gasteiger partial charge in [0.25, 0.3) is 5.56 Å². The summed E-state index contributed by atoms with van der Waals surface area (Å²) in [6, 6.07) is 18.5. The lowest BCUT2D eigenvalue weighted by Gasteiger charge is -2.12. The van der Waals surface area contributed by atoms with Crippen LogP contribution in [0, 0.1) is 13.8 Å². The van der Waals surface area contributed by atoms with Crippen LogP contribution in [0.4, 0.5) is 0 Å². The van der Waals surface area contributed by atoms with Gasteiger partial charge in [-0.2, -0.15) is 0 Å². The lowest BCUT2D eigenvalue weighted by atomic mass is 10.1. The lowest BCUT2D eigenvalue weighted by molar-refractivity contribution is 0.476. The van der Waals surface area contributed by atoms with Crippen molar-refractivity contribution in [3.05, 3.63) is 93.0 Å². The van der Waals surface area contributed by atoms with Crippen LogP contribution in [0.5, 0.6) is 0 Å². The lowest BCUT2D eigenvalue weighted by Crippen LogP contribution is -2.23. The van der Waals surface area contributed by atoms with Crippen LogP contribution in [-0.2, 0) is 12.3 Å². The van der Waals surface area contributed by atoms with Crippen LogP contribution in [0.15, 0.2) is 75.2 Å². The third-order valence-electron chi connectivity index (χ3n) is 5.38. The van der Waals surface area contributed by atoms with Crippen molar-refractivity contribution in [3.8, 4) is 0 Å². The Labute approximate surface area is 182 Å². The second kappa shape index (κ2) is 7.78. The second-order valence-corrected chi connectivity index (χ2v) is 9.40. The molecule has 0 aliphatic heterocycles. The highest BCUT2D eigenvalue weighted by atomic mass is 32.2. The molecule has 0 unspecified atom stereocenters. The fourth-order valence-corrected chi connectivity index (χ4v) is 5.75. The molecule has 0 bridgehead atoms. The number of fused-ring (bicyclic) bond motifs is 2. The molecule has 0 aliphatic carbocycles. The van der Waals surface area contributed by atoms with Crippen LogP contribution in [-0.4, -0.2) is 9.55 Å². The van der Waals surface area contributed by atoms with Crippen molar-refractivity contribution in [1.82, 2.24) is 9.55 Å². The molecule has 0 spiro atoms. The maximum atomic E-state index is 13.4. The molecule has 4 nitrogen and oxygen atoms in total. The van der Waals surface area contributed by atoms with E-state index >= 15 is 0 Å². The van der Waals surface area contributed by atoms with Gasteiger partial charge in [-0.1, -0.05) is 54.2 Å². The van der Waals surface area contributed by atoms with E-state index in [1.54, 1.807) is 33.9 Å². The number of nitrogens with zero attached hydrogens (tertiary/aromatic N) is 2. The normalized spacial score (nSPS) is 11.5. The fraction of sp³-hybridized carbons (Fsp3) is 0.167. The smallest absolute Gasteiger partial charge is 0.263 e. The summed E-state index contributed by atoms with van der Waals surface area (Å²) in [5, 5.41) is 3.89. The summed E-state index contributed by atoms with van der Waals surface area (Å²) in [6.45, 7) is 4.42. The van der Waals surface area contributed by atoms with Crippen LogP contribution in [0.2, 0.25) is 0 Å². The summed E-state index contributed by atoms with van der Waals surface area (Å²) in [5.41, 5.74) is 2.25. The Morgan fingerprint density at radius 3 is 2.73 bits per heavy atom. The summed E-state index contributed by atoms with van der Waals surface area (Å²) >= 11 is 3.18. The first-order valence-electron chi connectivity index (χ1n) is 9.74. The van der Waals surface area contributed by atoms with Crippen LogP contribution >= 0.6 is 23.1 Å². The number of benzene rings is 2. The highest BCUT2D eigenvalue weighted by Crippen LogP contribution is 2.31. The molecule has 0 aliphatic rings.